The summed E-state index contributed by atoms with van der Waals surface area (Å²) in [5, 5.41) is 10.3. The topological polar surface area (TPSA) is 83.8 Å². The molecule has 0 saturated heterocycles. The van der Waals surface area contributed by atoms with Crippen molar-refractivity contribution in [1.82, 2.24) is 0 Å². The smallest absolute Gasteiger partial charge is 0.267 e. The molecule has 0 aromatic heterocycles. The second-order valence-electron chi connectivity index (χ2n) is 6.79. The largest absolute Gasteiger partial charge is 0.367 e. The molecule has 2 N–H and O–H groups in total. The molecule has 4 bridgehead atoms. The molecule has 110 valence electrons. The Morgan fingerprint density at radius 1 is 1.11 bits per heavy atom. The van der Waals surface area contributed by atoms with Gasteiger partial charge in [-0.05, 0) is 56.3 Å². The molecule has 5 nitrogen and oxygen atoms in total. The van der Waals surface area contributed by atoms with Crippen molar-refractivity contribution in [3.63, 3.8) is 0 Å². The number of rotatable bonds is 5. The molecule has 4 rings (SSSR count). The average Bonchev–Trinajstić information content (AvgIpc) is 2.25. The summed E-state index contributed by atoms with van der Waals surface area (Å²) in [6.45, 7) is -0.137. The fourth-order valence-corrected chi connectivity index (χ4v) is 5.23. The van der Waals surface area contributed by atoms with Crippen LogP contribution >= 0.6 is 0 Å². The van der Waals surface area contributed by atoms with Crippen LogP contribution in [-0.4, -0.2) is 36.7 Å². The third-order valence-corrected chi connectivity index (χ3v) is 5.91. The van der Waals surface area contributed by atoms with E-state index in [1.807, 2.05) is 0 Å². The maximum atomic E-state index is 10.7. The summed E-state index contributed by atoms with van der Waals surface area (Å²) in [5.74, 6) is 1.69. The third kappa shape index (κ3) is 2.82. The van der Waals surface area contributed by atoms with E-state index >= 15 is 0 Å². The number of hydrogen-bond acceptors (Lipinski definition) is 4. The minimum Gasteiger partial charge on any atom is -0.367 e. The highest BCUT2D eigenvalue weighted by molar-refractivity contribution is 7.85. The van der Waals surface area contributed by atoms with Crippen molar-refractivity contribution >= 4 is 10.1 Å². The third-order valence-electron chi connectivity index (χ3n) is 5.23. The molecule has 4 aliphatic carbocycles. The van der Waals surface area contributed by atoms with E-state index in [0.29, 0.717) is 17.8 Å². The predicted molar refractivity (Wildman–Crippen MR) is 69.0 cm³/mol. The first kappa shape index (κ1) is 13.8. The van der Waals surface area contributed by atoms with E-state index in [1.54, 1.807) is 0 Å². The van der Waals surface area contributed by atoms with Crippen LogP contribution in [0.5, 0.6) is 0 Å². The van der Waals surface area contributed by atoms with Crippen LogP contribution in [0.2, 0.25) is 0 Å². The lowest BCUT2D eigenvalue weighted by Crippen LogP contribution is -2.52. The molecule has 0 radical (unpaired) electrons. The van der Waals surface area contributed by atoms with Gasteiger partial charge in [-0.25, -0.2) is 0 Å². The Morgan fingerprint density at radius 3 is 2.00 bits per heavy atom. The van der Waals surface area contributed by atoms with E-state index in [9.17, 15) is 13.5 Å². The highest BCUT2D eigenvalue weighted by atomic mass is 32.2. The average molecular weight is 290 g/mol. The monoisotopic (exact) mass is 290 g/mol. The van der Waals surface area contributed by atoms with E-state index in [4.69, 9.17) is 9.29 Å². The zero-order valence-corrected chi connectivity index (χ0v) is 11.8. The van der Waals surface area contributed by atoms with E-state index in [0.717, 1.165) is 19.3 Å². The SMILES string of the molecule is O=S(=O)(O)CCOC(O)C12CC3CC(CC(C3)C1)C2. The van der Waals surface area contributed by atoms with Crippen molar-refractivity contribution in [1.29, 1.82) is 0 Å². The number of aliphatic hydroxyl groups excluding tert-OH is 1. The summed E-state index contributed by atoms with van der Waals surface area (Å²) in [6.07, 6.45) is 6.00. The van der Waals surface area contributed by atoms with Gasteiger partial charge in [0.15, 0.2) is 6.29 Å². The van der Waals surface area contributed by atoms with Crippen molar-refractivity contribution in [2.45, 2.75) is 44.8 Å². The van der Waals surface area contributed by atoms with Crippen LogP contribution < -0.4 is 0 Å². The second kappa shape index (κ2) is 4.69. The number of hydrogen-bond donors (Lipinski definition) is 2. The first-order valence-corrected chi connectivity index (χ1v) is 8.72. The van der Waals surface area contributed by atoms with Crippen LogP contribution in [0.15, 0.2) is 0 Å². The minimum atomic E-state index is -4.01. The van der Waals surface area contributed by atoms with Gasteiger partial charge in [0.05, 0.1) is 12.4 Å². The number of aliphatic hydroxyl groups is 1. The Labute approximate surface area is 114 Å². The van der Waals surface area contributed by atoms with Crippen LogP contribution in [0.4, 0.5) is 0 Å². The van der Waals surface area contributed by atoms with Gasteiger partial charge in [-0.3, -0.25) is 4.55 Å². The van der Waals surface area contributed by atoms with Gasteiger partial charge in [-0.1, -0.05) is 0 Å². The van der Waals surface area contributed by atoms with Gasteiger partial charge in [0.1, 0.15) is 0 Å². The van der Waals surface area contributed by atoms with Crippen molar-refractivity contribution < 1.29 is 22.8 Å². The van der Waals surface area contributed by atoms with Gasteiger partial charge in [0.25, 0.3) is 10.1 Å². The van der Waals surface area contributed by atoms with E-state index in [-0.39, 0.29) is 12.0 Å². The maximum absolute atomic E-state index is 10.7. The summed E-state index contributed by atoms with van der Waals surface area (Å²) in [5.41, 5.74) is -0.159. The lowest BCUT2D eigenvalue weighted by Gasteiger charge is -2.57. The molecule has 0 amide bonds. The molecule has 1 atom stereocenters. The first-order valence-electron chi connectivity index (χ1n) is 7.11. The molecule has 0 aromatic carbocycles. The Bertz CT molecular complexity index is 409. The van der Waals surface area contributed by atoms with E-state index in [1.165, 1.54) is 19.3 Å². The van der Waals surface area contributed by atoms with Gasteiger partial charge in [-0.2, -0.15) is 8.42 Å². The van der Waals surface area contributed by atoms with Crippen LogP contribution in [0.25, 0.3) is 0 Å². The molecule has 0 heterocycles. The fraction of sp³-hybridized carbons (Fsp3) is 1.00. The Hall–Kier alpha value is -0.170. The normalized spacial score (nSPS) is 42.5. The fourth-order valence-electron chi connectivity index (χ4n) is 4.92. The standard InChI is InChI=1S/C13H22O5S/c14-12(18-1-2-19(15,16)17)13-6-9-3-10(7-13)5-11(4-9)8-13/h9-12,14H,1-8H2,(H,15,16,17). The quantitative estimate of drug-likeness (QED) is 0.591. The molecule has 6 heteroatoms. The Balaban J connectivity index is 1.61. The lowest BCUT2D eigenvalue weighted by molar-refractivity contribution is -0.225. The molecular formula is C13H22O5S. The van der Waals surface area contributed by atoms with E-state index < -0.39 is 22.2 Å². The summed E-state index contributed by atoms with van der Waals surface area (Å²) in [4.78, 5) is 0. The van der Waals surface area contributed by atoms with Crippen molar-refractivity contribution in [3.8, 4) is 0 Å². The van der Waals surface area contributed by atoms with Crippen molar-refractivity contribution in [2.24, 2.45) is 23.2 Å². The van der Waals surface area contributed by atoms with Gasteiger partial charge >= 0.3 is 0 Å². The highest BCUT2D eigenvalue weighted by Crippen LogP contribution is 2.61. The van der Waals surface area contributed by atoms with Gasteiger partial charge in [-0.15, -0.1) is 0 Å². The molecule has 4 aliphatic rings. The highest BCUT2D eigenvalue weighted by Gasteiger charge is 2.54. The van der Waals surface area contributed by atoms with Gasteiger partial charge < -0.3 is 9.84 Å². The molecule has 1 unspecified atom stereocenters. The van der Waals surface area contributed by atoms with Gasteiger partial charge in [0.2, 0.25) is 0 Å². The predicted octanol–water partition coefficient (Wildman–Crippen LogP) is 1.43. The van der Waals surface area contributed by atoms with Crippen LogP contribution in [-0.2, 0) is 14.9 Å². The molecular weight excluding hydrogens is 268 g/mol. The molecule has 19 heavy (non-hydrogen) atoms. The summed E-state index contributed by atoms with van der Waals surface area (Å²) in [7, 11) is -4.01. The molecule has 4 fully saturated rings. The molecule has 4 saturated carbocycles. The molecule has 0 spiro atoms. The van der Waals surface area contributed by atoms with E-state index in [2.05, 4.69) is 0 Å². The number of ether oxygens (including phenoxy) is 1. The van der Waals surface area contributed by atoms with Crippen molar-refractivity contribution in [2.75, 3.05) is 12.4 Å². The summed E-state index contributed by atoms with van der Waals surface area (Å²) in [6, 6.07) is 0. The maximum Gasteiger partial charge on any atom is 0.267 e. The lowest BCUT2D eigenvalue weighted by atomic mass is 9.49. The van der Waals surface area contributed by atoms with Crippen LogP contribution in [0.3, 0.4) is 0 Å². The summed E-state index contributed by atoms with van der Waals surface area (Å²) < 4.78 is 35.3. The second-order valence-corrected chi connectivity index (χ2v) is 8.36. The molecule has 0 aliphatic heterocycles. The van der Waals surface area contributed by atoms with Crippen LogP contribution in [0, 0.1) is 23.2 Å². The van der Waals surface area contributed by atoms with Gasteiger partial charge in [0, 0.05) is 5.41 Å². The Morgan fingerprint density at radius 2 is 1.58 bits per heavy atom. The van der Waals surface area contributed by atoms with Crippen molar-refractivity contribution in [3.05, 3.63) is 0 Å². The first-order chi connectivity index (χ1) is 8.86. The zero-order valence-electron chi connectivity index (χ0n) is 11.0. The molecule has 0 aromatic rings. The zero-order chi connectivity index (χ0) is 13.7. The summed E-state index contributed by atoms with van der Waals surface area (Å²) >= 11 is 0. The minimum absolute atomic E-state index is 0.137. The van der Waals surface area contributed by atoms with Crippen LogP contribution in [0.1, 0.15) is 38.5 Å². The Kier molecular flexibility index (Phi) is 3.40.